The first-order valence-corrected chi connectivity index (χ1v) is 7.14. The molecule has 3 unspecified atom stereocenters. The Bertz CT molecular complexity index is 525. The van der Waals surface area contributed by atoms with E-state index in [0.29, 0.717) is 18.0 Å². The van der Waals surface area contributed by atoms with Gasteiger partial charge in [0.05, 0.1) is 11.9 Å². The average Bonchev–Trinajstić information content (AvgIpc) is 3.05. The highest BCUT2D eigenvalue weighted by Gasteiger charge is 2.40. The van der Waals surface area contributed by atoms with Gasteiger partial charge in [-0.1, -0.05) is 6.42 Å². The van der Waals surface area contributed by atoms with E-state index in [1.807, 2.05) is 0 Å². The lowest BCUT2D eigenvalue weighted by molar-refractivity contribution is -0.137. The second-order valence-electron chi connectivity index (χ2n) is 6.01. The van der Waals surface area contributed by atoms with Gasteiger partial charge < -0.3 is 10.4 Å². The summed E-state index contributed by atoms with van der Waals surface area (Å²) in [6.45, 7) is -0.192. The number of carboxylic acid groups (broad SMARTS) is 1. The molecule has 0 radical (unpaired) electrons. The van der Waals surface area contributed by atoms with Crippen molar-refractivity contribution in [2.75, 3.05) is 5.32 Å². The molecular weight excluding hydrogens is 258 g/mol. The normalized spacial score (nSPS) is 27.7. The molecule has 0 aliphatic heterocycles. The van der Waals surface area contributed by atoms with Gasteiger partial charge in [0.15, 0.2) is 0 Å². The van der Waals surface area contributed by atoms with Gasteiger partial charge in [0, 0.05) is 12.6 Å². The van der Waals surface area contributed by atoms with E-state index in [2.05, 4.69) is 10.4 Å². The summed E-state index contributed by atoms with van der Waals surface area (Å²) in [5.74, 6) is 1.17. The van der Waals surface area contributed by atoms with Crippen LogP contribution in [0.15, 0.2) is 12.4 Å². The van der Waals surface area contributed by atoms with Gasteiger partial charge in [-0.3, -0.25) is 14.3 Å². The highest BCUT2D eigenvalue weighted by molar-refractivity contribution is 5.90. The predicted octanol–water partition coefficient (Wildman–Crippen LogP) is 1.73. The van der Waals surface area contributed by atoms with Gasteiger partial charge in [-0.05, 0) is 37.0 Å². The molecular formula is C14H19N3O3. The van der Waals surface area contributed by atoms with Crippen molar-refractivity contribution in [3.05, 3.63) is 12.4 Å². The van der Waals surface area contributed by atoms with Crippen molar-refractivity contribution < 1.29 is 14.7 Å². The number of hydrogen-bond donors (Lipinski definition) is 2. The lowest BCUT2D eigenvalue weighted by Crippen LogP contribution is -2.20. The smallest absolute Gasteiger partial charge is 0.325 e. The van der Waals surface area contributed by atoms with Crippen molar-refractivity contribution in [3.8, 4) is 0 Å². The average molecular weight is 277 g/mol. The van der Waals surface area contributed by atoms with Crippen molar-refractivity contribution in [2.24, 2.45) is 17.8 Å². The zero-order valence-corrected chi connectivity index (χ0v) is 11.3. The van der Waals surface area contributed by atoms with Gasteiger partial charge in [0.1, 0.15) is 6.54 Å². The number of fused-ring (bicyclic) bond motifs is 2. The van der Waals surface area contributed by atoms with Gasteiger partial charge in [-0.2, -0.15) is 5.10 Å². The third-order valence-electron chi connectivity index (χ3n) is 4.55. The second-order valence-corrected chi connectivity index (χ2v) is 6.01. The zero-order valence-electron chi connectivity index (χ0n) is 11.3. The number of amides is 1. The molecule has 0 aromatic carbocycles. The molecule has 0 saturated heterocycles. The van der Waals surface area contributed by atoms with Crippen molar-refractivity contribution in [3.63, 3.8) is 0 Å². The minimum Gasteiger partial charge on any atom is -0.480 e. The fourth-order valence-electron chi connectivity index (χ4n) is 3.73. The molecule has 2 N–H and O–H groups in total. The Kier molecular flexibility index (Phi) is 3.46. The molecule has 0 spiro atoms. The first kappa shape index (κ1) is 13.1. The van der Waals surface area contributed by atoms with Gasteiger partial charge in [-0.15, -0.1) is 0 Å². The summed E-state index contributed by atoms with van der Waals surface area (Å²) in [4.78, 5) is 22.6. The maximum atomic E-state index is 12.0. The topological polar surface area (TPSA) is 84.2 Å². The number of aromatic nitrogens is 2. The largest absolute Gasteiger partial charge is 0.480 e. The van der Waals surface area contributed by atoms with E-state index >= 15 is 0 Å². The lowest BCUT2D eigenvalue weighted by atomic mass is 9.86. The lowest BCUT2D eigenvalue weighted by Gasteiger charge is -2.20. The van der Waals surface area contributed by atoms with E-state index in [9.17, 15) is 9.59 Å². The molecule has 2 aliphatic rings. The quantitative estimate of drug-likeness (QED) is 0.858. The third kappa shape index (κ3) is 2.84. The molecule has 2 saturated carbocycles. The fraction of sp³-hybridized carbons (Fsp3) is 0.643. The molecule has 2 aliphatic carbocycles. The molecule has 2 fully saturated rings. The minimum absolute atomic E-state index is 0.0115. The van der Waals surface area contributed by atoms with E-state index in [0.717, 1.165) is 11.8 Å². The van der Waals surface area contributed by atoms with Gasteiger partial charge >= 0.3 is 5.97 Å². The molecule has 1 amide bonds. The van der Waals surface area contributed by atoms with E-state index < -0.39 is 5.97 Å². The predicted molar refractivity (Wildman–Crippen MR) is 72.0 cm³/mol. The van der Waals surface area contributed by atoms with Crippen LogP contribution in [0.5, 0.6) is 0 Å². The Hall–Kier alpha value is -1.85. The number of nitrogens with one attached hydrogen (secondary N) is 1. The SMILES string of the molecule is O=C(O)Cn1cc(NC(=O)CC2CC3CCC2C3)cn1. The van der Waals surface area contributed by atoms with Gasteiger partial charge in [0.2, 0.25) is 5.91 Å². The molecule has 1 aromatic heterocycles. The number of anilines is 1. The van der Waals surface area contributed by atoms with Crippen molar-refractivity contribution in [2.45, 2.75) is 38.6 Å². The number of carbonyl (C=O) groups excluding carboxylic acids is 1. The summed E-state index contributed by atoms with van der Waals surface area (Å²) in [6, 6.07) is 0. The summed E-state index contributed by atoms with van der Waals surface area (Å²) < 4.78 is 1.30. The summed E-state index contributed by atoms with van der Waals surface area (Å²) in [5.41, 5.74) is 0.569. The van der Waals surface area contributed by atoms with Crippen molar-refractivity contribution >= 4 is 17.6 Å². The Morgan fingerprint density at radius 3 is 2.90 bits per heavy atom. The molecule has 1 heterocycles. The van der Waals surface area contributed by atoms with Crippen molar-refractivity contribution in [1.29, 1.82) is 0 Å². The van der Waals surface area contributed by atoms with E-state index in [1.165, 1.54) is 36.6 Å². The number of nitrogens with zero attached hydrogens (tertiary/aromatic N) is 2. The van der Waals surface area contributed by atoms with Crippen LogP contribution in [0, 0.1) is 17.8 Å². The summed E-state index contributed by atoms with van der Waals surface area (Å²) in [7, 11) is 0. The number of carboxylic acids is 1. The van der Waals surface area contributed by atoms with Gasteiger partial charge in [0.25, 0.3) is 0 Å². The molecule has 3 rings (SSSR count). The number of hydrogen-bond acceptors (Lipinski definition) is 3. The molecule has 20 heavy (non-hydrogen) atoms. The number of carbonyl (C=O) groups is 2. The van der Waals surface area contributed by atoms with Crippen LogP contribution in [0.1, 0.15) is 32.1 Å². The van der Waals surface area contributed by atoms with Crippen LogP contribution in [-0.4, -0.2) is 26.8 Å². The minimum atomic E-state index is -0.951. The van der Waals surface area contributed by atoms with Crippen LogP contribution in [0.2, 0.25) is 0 Å². The van der Waals surface area contributed by atoms with Crippen LogP contribution in [0.25, 0.3) is 0 Å². The highest BCUT2D eigenvalue weighted by Crippen LogP contribution is 2.49. The standard InChI is InChI=1S/C14H19N3O3/c18-13(5-11-4-9-1-2-10(11)3-9)16-12-6-15-17(7-12)8-14(19)20/h6-7,9-11H,1-5,8H2,(H,16,18)(H,19,20). The van der Waals surface area contributed by atoms with Crippen LogP contribution < -0.4 is 5.32 Å². The molecule has 2 bridgehead atoms. The number of aliphatic carboxylic acids is 1. The van der Waals surface area contributed by atoms with E-state index in [1.54, 1.807) is 6.20 Å². The monoisotopic (exact) mass is 277 g/mol. The molecule has 6 heteroatoms. The number of rotatable bonds is 5. The van der Waals surface area contributed by atoms with Crippen molar-refractivity contribution in [1.82, 2.24) is 9.78 Å². The summed E-state index contributed by atoms with van der Waals surface area (Å²) in [5, 5.41) is 15.4. The Balaban J connectivity index is 1.51. The fourth-order valence-corrected chi connectivity index (χ4v) is 3.73. The first-order valence-electron chi connectivity index (χ1n) is 7.14. The molecule has 1 aromatic rings. The Labute approximate surface area is 117 Å². The highest BCUT2D eigenvalue weighted by atomic mass is 16.4. The maximum Gasteiger partial charge on any atom is 0.325 e. The third-order valence-corrected chi connectivity index (χ3v) is 4.55. The molecule has 6 nitrogen and oxygen atoms in total. The summed E-state index contributed by atoms with van der Waals surface area (Å²) in [6.07, 6.45) is 8.72. The van der Waals surface area contributed by atoms with E-state index in [-0.39, 0.29) is 12.5 Å². The van der Waals surface area contributed by atoms with Crippen LogP contribution in [0.4, 0.5) is 5.69 Å². The maximum absolute atomic E-state index is 12.0. The van der Waals surface area contributed by atoms with E-state index in [4.69, 9.17) is 5.11 Å². The van der Waals surface area contributed by atoms with Crippen LogP contribution in [-0.2, 0) is 16.1 Å². The second kappa shape index (κ2) is 5.26. The van der Waals surface area contributed by atoms with Crippen LogP contribution in [0.3, 0.4) is 0 Å². The Morgan fingerprint density at radius 2 is 2.25 bits per heavy atom. The molecule has 3 atom stereocenters. The van der Waals surface area contributed by atoms with Crippen LogP contribution >= 0.6 is 0 Å². The zero-order chi connectivity index (χ0) is 14.1. The Morgan fingerprint density at radius 1 is 1.40 bits per heavy atom. The van der Waals surface area contributed by atoms with Gasteiger partial charge in [-0.25, -0.2) is 0 Å². The molecule has 108 valence electrons. The first-order chi connectivity index (χ1) is 9.60. The summed E-state index contributed by atoms with van der Waals surface area (Å²) >= 11 is 0.